The van der Waals surface area contributed by atoms with Gasteiger partial charge in [-0.2, -0.15) is 0 Å². The molecule has 0 saturated carbocycles. The summed E-state index contributed by atoms with van der Waals surface area (Å²) in [4.78, 5) is 26.0. The zero-order valence-electron chi connectivity index (χ0n) is 14.2. The van der Waals surface area contributed by atoms with Crippen LogP contribution in [0.2, 0.25) is 0 Å². The van der Waals surface area contributed by atoms with Gasteiger partial charge in [0.1, 0.15) is 0 Å². The third-order valence-corrected chi connectivity index (χ3v) is 5.75. The van der Waals surface area contributed by atoms with E-state index in [2.05, 4.69) is 0 Å². The van der Waals surface area contributed by atoms with Gasteiger partial charge in [-0.3, -0.25) is 9.59 Å². The van der Waals surface area contributed by atoms with Crippen molar-refractivity contribution in [3.05, 3.63) is 53.8 Å². The van der Waals surface area contributed by atoms with E-state index in [1.54, 1.807) is 24.3 Å². The van der Waals surface area contributed by atoms with Crippen molar-refractivity contribution in [3.63, 3.8) is 0 Å². The van der Waals surface area contributed by atoms with Crippen LogP contribution >= 0.6 is 0 Å². The molecule has 1 saturated heterocycles. The molecule has 1 aliphatic rings. The summed E-state index contributed by atoms with van der Waals surface area (Å²) < 4.78 is 28.1. The number of furan rings is 1. The predicted octanol–water partition coefficient (Wildman–Crippen LogP) is 1.94. The Hall–Kier alpha value is -2.61. The number of hydrogen-bond donors (Lipinski definition) is 1. The van der Waals surface area contributed by atoms with Crippen LogP contribution in [0.5, 0.6) is 0 Å². The van der Waals surface area contributed by atoms with E-state index >= 15 is 0 Å². The predicted molar refractivity (Wildman–Crippen MR) is 92.7 cm³/mol. The number of carbonyl (C=O) groups excluding carboxylic acids is 1. The van der Waals surface area contributed by atoms with Crippen LogP contribution in [0.25, 0.3) is 0 Å². The van der Waals surface area contributed by atoms with Gasteiger partial charge in [-0.05, 0) is 30.5 Å². The molecule has 26 heavy (non-hydrogen) atoms. The van der Waals surface area contributed by atoms with E-state index in [1.165, 1.54) is 17.0 Å². The second-order valence-corrected chi connectivity index (χ2v) is 8.38. The maximum absolute atomic E-state index is 12.5. The standard InChI is InChI=1S/C18H19NO6S/c1-26(23,24)15-8-7-14(25-15)16(20)19-11-9-18(10-12-19,17(21)22)13-5-3-2-4-6-13/h2-8H,9-12H2,1H3,(H,21,22). The van der Waals surface area contributed by atoms with Gasteiger partial charge in [0.2, 0.25) is 14.9 Å². The summed E-state index contributed by atoms with van der Waals surface area (Å²) in [5.41, 5.74) is -0.309. The first kappa shape index (κ1) is 18.2. The first-order valence-electron chi connectivity index (χ1n) is 8.12. The number of aliphatic carboxylic acids is 1. The quantitative estimate of drug-likeness (QED) is 0.873. The molecule has 1 N–H and O–H groups in total. The number of nitrogens with zero attached hydrogens (tertiary/aromatic N) is 1. The van der Waals surface area contributed by atoms with Gasteiger partial charge in [0.15, 0.2) is 5.76 Å². The SMILES string of the molecule is CS(=O)(=O)c1ccc(C(=O)N2CCC(C(=O)O)(c3ccccc3)CC2)o1. The van der Waals surface area contributed by atoms with Gasteiger partial charge in [-0.1, -0.05) is 30.3 Å². The zero-order chi connectivity index (χ0) is 18.9. The average Bonchev–Trinajstić information content (AvgIpc) is 3.12. The fraction of sp³-hybridized carbons (Fsp3) is 0.333. The Kier molecular flexibility index (Phi) is 4.62. The molecule has 1 amide bonds. The summed E-state index contributed by atoms with van der Waals surface area (Å²) >= 11 is 0. The lowest BCUT2D eigenvalue weighted by atomic mass is 9.73. The van der Waals surface area contributed by atoms with Crippen LogP contribution in [0.4, 0.5) is 0 Å². The molecule has 8 heteroatoms. The van der Waals surface area contributed by atoms with Crippen molar-refractivity contribution in [2.45, 2.75) is 23.3 Å². The van der Waals surface area contributed by atoms with E-state index in [0.29, 0.717) is 0 Å². The molecule has 0 unspecified atom stereocenters. The highest BCUT2D eigenvalue weighted by Crippen LogP contribution is 2.36. The molecule has 2 heterocycles. The fourth-order valence-corrected chi connectivity index (χ4v) is 3.82. The second kappa shape index (κ2) is 6.60. The number of piperidine rings is 1. The summed E-state index contributed by atoms with van der Waals surface area (Å²) in [5, 5.41) is 9.53. The smallest absolute Gasteiger partial charge is 0.314 e. The Bertz CT molecular complexity index is 924. The number of sulfone groups is 1. The minimum atomic E-state index is -3.53. The molecule has 0 bridgehead atoms. The lowest BCUT2D eigenvalue weighted by Gasteiger charge is -2.38. The van der Waals surface area contributed by atoms with Crippen molar-refractivity contribution >= 4 is 21.7 Å². The average molecular weight is 377 g/mol. The van der Waals surface area contributed by atoms with Gasteiger partial charge in [-0.15, -0.1) is 0 Å². The van der Waals surface area contributed by atoms with E-state index in [-0.39, 0.29) is 36.8 Å². The van der Waals surface area contributed by atoms with Crippen molar-refractivity contribution in [1.82, 2.24) is 4.90 Å². The molecule has 1 fully saturated rings. The summed E-state index contributed by atoms with van der Waals surface area (Å²) in [5.74, 6) is -1.41. The zero-order valence-corrected chi connectivity index (χ0v) is 15.0. The molecule has 0 aliphatic carbocycles. The second-order valence-electron chi connectivity index (χ2n) is 6.44. The Morgan fingerprint density at radius 2 is 1.69 bits per heavy atom. The van der Waals surface area contributed by atoms with Gasteiger partial charge in [0.25, 0.3) is 5.91 Å². The van der Waals surface area contributed by atoms with E-state index in [9.17, 15) is 23.1 Å². The van der Waals surface area contributed by atoms with Crippen LogP contribution in [-0.4, -0.2) is 49.6 Å². The van der Waals surface area contributed by atoms with E-state index < -0.39 is 27.1 Å². The van der Waals surface area contributed by atoms with Gasteiger partial charge in [0, 0.05) is 19.3 Å². The molecule has 3 rings (SSSR count). The number of hydrogen-bond acceptors (Lipinski definition) is 5. The normalized spacial score (nSPS) is 17.0. The fourth-order valence-electron chi connectivity index (χ4n) is 3.26. The molecule has 2 aromatic rings. The number of likely N-dealkylation sites (tertiary alicyclic amines) is 1. The van der Waals surface area contributed by atoms with Crippen LogP contribution in [-0.2, 0) is 20.0 Å². The first-order valence-corrected chi connectivity index (χ1v) is 10.0. The highest BCUT2D eigenvalue weighted by Gasteiger charge is 2.44. The monoisotopic (exact) mass is 377 g/mol. The summed E-state index contributed by atoms with van der Waals surface area (Å²) in [6, 6.07) is 11.6. The van der Waals surface area contributed by atoms with Crippen molar-refractivity contribution in [1.29, 1.82) is 0 Å². The Morgan fingerprint density at radius 1 is 1.08 bits per heavy atom. The molecule has 1 aromatic carbocycles. The van der Waals surface area contributed by atoms with E-state index in [0.717, 1.165) is 11.8 Å². The molecule has 1 aromatic heterocycles. The number of carbonyl (C=O) groups is 2. The van der Waals surface area contributed by atoms with Crippen LogP contribution < -0.4 is 0 Å². The van der Waals surface area contributed by atoms with Crippen LogP contribution in [0, 0.1) is 0 Å². The molecule has 1 aliphatic heterocycles. The van der Waals surface area contributed by atoms with Crippen LogP contribution in [0.15, 0.2) is 52.0 Å². The number of benzene rings is 1. The third-order valence-electron chi connectivity index (χ3n) is 4.80. The van der Waals surface area contributed by atoms with Gasteiger partial charge in [0.05, 0.1) is 5.41 Å². The number of carboxylic acid groups (broad SMARTS) is 1. The molecule has 0 radical (unpaired) electrons. The van der Waals surface area contributed by atoms with Crippen molar-refractivity contribution in [2.24, 2.45) is 0 Å². The Morgan fingerprint density at radius 3 is 2.19 bits per heavy atom. The van der Waals surface area contributed by atoms with Gasteiger partial charge in [-0.25, -0.2) is 8.42 Å². The van der Waals surface area contributed by atoms with Crippen LogP contribution in [0.1, 0.15) is 29.0 Å². The Balaban J connectivity index is 1.78. The highest BCUT2D eigenvalue weighted by atomic mass is 32.2. The van der Waals surface area contributed by atoms with E-state index in [1.807, 2.05) is 6.07 Å². The van der Waals surface area contributed by atoms with Gasteiger partial charge < -0.3 is 14.4 Å². The lowest BCUT2D eigenvalue weighted by Crippen LogP contribution is -2.49. The highest BCUT2D eigenvalue weighted by molar-refractivity contribution is 7.90. The molecule has 0 spiro atoms. The number of rotatable bonds is 4. The van der Waals surface area contributed by atoms with Crippen LogP contribution in [0.3, 0.4) is 0 Å². The summed E-state index contributed by atoms with van der Waals surface area (Å²) in [6.07, 6.45) is 1.55. The largest absolute Gasteiger partial charge is 0.481 e. The molecule has 7 nitrogen and oxygen atoms in total. The molecular weight excluding hydrogens is 358 g/mol. The third kappa shape index (κ3) is 3.24. The van der Waals surface area contributed by atoms with Crippen molar-refractivity contribution in [2.75, 3.05) is 19.3 Å². The maximum atomic E-state index is 12.5. The Labute approximate surface area is 151 Å². The topological polar surface area (TPSA) is 105 Å². The maximum Gasteiger partial charge on any atom is 0.314 e. The van der Waals surface area contributed by atoms with Gasteiger partial charge >= 0.3 is 5.97 Å². The molecular formula is C18H19NO6S. The summed E-state index contributed by atoms with van der Waals surface area (Å²) in [6.45, 7) is 0.490. The van der Waals surface area contributed by atoms with Crippen molar-refractivity contribution < 1.29 is 27.5 Å². The number of amides is 1. The van der Waals surface area contributed by atoms with Crippen molar-refractivity contribution in [3.8, 4) is 0 Å². The lowest BCUT2D eigenvalue weighted by molar-refractivity contribution is -0.145. The summed E-state index contributed by atoms with van der Waals surface area (Å²) in [7, 11) is -3.53. The van der Waals surface area contributed by atoms with E-state index in [4.69, 9.17) is 4.42 Å². The first-order chi connectivity index (χ1) is 12.2. The number of carboxylic acids is 1. The minimum Gasteiger partial charge on any atom is -0.481 e. The minimum absolute atomic E-state index is 0.0621. The molecule has 0 atom stereocenters. The molecule has 138 valence electrons.